The Morgan fingerprint density at radius 3 is 2.52 bits per heavy atom. The zero-order valence-electron chi connectivity index (χ0n) is 12.8. The van der Waals surface area contributed by atoms with Gasteiger partial charge in [0.05, 0.1) is 12.0 Å². The largest absolute Gasteiger partial charge is 0.312 e. The number of hydrogen-bond acceptors (Lipinski definition) is 3. The molecule has 3 rings (SSSR count). The Morgan fingerprint density at radius 2 is 1.90 bits per heavy atom. The molecule has 2 fully saturated rings. The van der Waals surface area contributed by atoms with Gasteiger partial charge in [-0.2, -0.15) is 5.26 Å². The highest BCUT2D eigenvalue weighted by Gasteiger charge is 2.35. The lowest BCUT2D eigenvalue weighted by molar-refractivity contribution is 0.0486. The summed E-state index contributed by atoms with van der Waals surface area (Å²) in [5.74, 6) is -0.0364. The molecule has 3 heteroatoms. The van der Waals surface area contributed by atoms with Crippen LogP contribution in [0.4, 0.5) is 0 Å². The predicted molar refractivity (Wildman–Crippen MR) is 85.0 cm³/mol. The summed E-state index contributed by atoms with van der Waals surface area (Å²) < 4.78 is 0. The molecule has 0 radical (unpaired) electrons. The van der Waals surface area contributed by atoms with Crippen LogP contribution in [0.2, 0.25) is 0 Å². The van der Waals surface area contributed by atoms with E-state index in [0.717, 1.165) is 24.2 Å². The highest BCUT2D eigenvalue weighted by atomic mass is 15.2. The second kappa shape index (κ2) is 6.60. The van der Waals surface area contributed by atoms with Crippen LogP contribution in [0.15, 0.2) is 30.3 Å². The number of hydrogen-bond donors (Lipinski definition) is 1. The van der Waals surface area contributed by atoms with Crippen LogP contribution < -0.4 is 5.32 Å². The molecule has 2 bridgehead atoms. The lowest BCUT2D eigenvalue weighted by Gasteiger charge is -2.47. The van der Waals surface area contributed by atoms with Gasteiger partial charge in [-0.15, -0.1) is 0 Å². The van der Waals surface area contributed by atoms with Gasteiger partial charge in [0, 0.05) is 24.7 Å². The van der Waals surface area contributed by atoms with Gasteiger partial charge in [0.2, 0.25) is 0 Å². The molecule has 3 atom stereocenters. The smallest absolute Gasteiger partial charge is 0.0837 e. The van der Waals surface area contributed by atoms with Crippen LogP contribution >= 0.6 is 0 Å². The molecule has 2 aliphatic rings. The fourth-order valence-electron chi connectivity index (χ4n) is 3.99. The minimum atomic E-state index is -0.0364. The molecule has 3 unspecified atom stereocenters. The van der Waals surface area contributed by atoms with Crippen molar-refractivity contribution in [2.75, 3.05) is 13.6 Å². The van der Waals surface area contributed by atoms with E-state index in [1.807, 2.05) is 18.2 Å². The first-order valence-corrected chi connectivity index (χ1v) is 8.18. The zero-order valence-corrected chi connectivity index (χ0v) is 12.8. The van der Waals surface area contributed by atoms with E-state index in [1.54, 1.807) is 0 Å². The summed E-state index contributed by atoms with van der Waals surface area (Å²) in [5, 5.41) is 13.1. The number of rotatable bonds is 4. The Kier molecular flexibility index (Phi) is 4.57. The average molecular weight is 283 g/mol. The fraction of sp³-hybridized carbons (Fsp3) is 0.611. The average Bonchev–Trinajstić information content (AvgIpc) is 2.50. The van der Waals surface area contributed by atoms with E-state index in [9.17, 15) is 5.26 Å². The van der Waals surface area contributed by atoms with Crippen molar-refractivity contribution < 1.29 is 0 Å². The molecule has 1 aromatic carbocycles. The summed E-state index contributed by atoms with van der Waals surface area (Å²) in [6.45, 7) is 0.772. The molecule has 0 saturated carbocycles. The van der Waals surface area contributed by atoms with Gasteiger partial charge in [0.1, 0.15) is 0 Å². The number of benzene rings is 1. The van der Waals surface area contributed by atoms with Crippen molar-refractivity contribution in [2.24, 2.45) is 0 Å². The van der Waals surface area contributed by atoms with E-state index in [0.29, 0.717) is 6.04 Å². The van der Waals surface area contributed by atoms with Gasteiger partial charge in [0.15, 0.2) is 0 Å². The van der Waals surface area contributed by atoms with E-state index in [4.69, 9.17) is 0 Å². The van der Waals surface area contributed by atoms with Crippen LogP contribution in [0, 0.1) is 11.3 Å². The number of nitriles is 1. The molecular formula is C18H25N3. The highest BCUT2D eigenvalue weighted by molar-refractivity contribution is 5.25. The summed E-state index contributed by atoms with van der Waals surface area (Å²) >= 11 is 0. The molecule has 112 valence electrons. The van der Waals surface area contributed by atoms with Gasteiger partial charge >= 0.3 is 0 Å². The van der Waals surface area contributed by atoms with Crippen LogP contribution in [0.5, 0.6) is 0 Å². The molecule has 21 heavy (non-hydrogen) atoms. The summed E-state index contributed by atoms with van der Waals surface area (Å²) in [7, 11) is 2.28. The molecule has 0 aromatic heterocycles. The third-order valence-electron chi connectivity index (χ3n) is 5.31. The molecule has 1 aromatic rings. The molecule has 0 aliphatic carbocycles. The Morgan fingerprint density at radius 1 is 1.24 bits per heavy atom. The highest BCUT2D eigenvalue weighted by Crippen LogP contribution is 2.32. The summed E-state index contributed by atoms with van der Waals surface area (Å²) in [6.07, 6.45) is 6.54. The Bertz CT molecular complexity index is 479. The number of nitrogens with one attached hydrogen (secondary N) is 1. The lowest BCUT2D eigenvalue weighted by atomic mass is 9.82. The van der Waals surface area contributed by atoms with Gasteiger partial charge < -0.3 is 10.2 Å². The minimum Gasteiger partial charge on any atom is -0.312 e. The van der Waals surface area contributed by atoms with Crippen LogP contribution in [0.25, 0.3) is 0 Å². The van der Waals surface area contributed by atoms with Gasteiger partial charge in [-0.05, 0) is 38.3 Å². The van der Waals surface area contributed by atoms with Crippen molar-refractivity contribution in [1.29, 1.82) is 5.26 Å². The van der Waals surface area contributed by atoms with E-state index in [2.05, 4.69) is 35.5 Å². The third kappa shape index (κ3) is 3.28. The molecule has 1 N–H and O–H groups in total. The Balaban J connectivity index is 1.57. The van der Waals surface area contributed by atoms with Crippen molar-refractivity contribution in [3.05, 3.63) is 35.9 Å². The van der Waals surface area contributed by atoms with Gasteiger partial charge in [-0.25, -0.2) is 0 Å². The van der Waals surface area contributed by atoms with Gasteiger partial charge in [-0.3, -0.25) is 0 Å². The monoisotopic (exact) mass is 283 g/mol. The SMILES string of the molecule is CN1C2CCCC1CC(NCC(C#N)c1ccccc1)C2. The minimum absolute atomic E-state index is 0.0364. The zero-order chi connectivity index (χ0) is 14.7. The number of fused-ring (bicyclic) bond motifs is 2. The molecule has 2 saturated heterocycles. The quantitative estimate of drug-likeness (QED) is 0.923. The Hall–Kier alpha value is -1.37. The van der Waals surface area contributed by atoms with Crippen molar-refractivity contribution in [3.63, 3.8) is 0 Å². The van der Waals surface area contributed by atoms with Crippen LogP contribution in [0.3, 0.4) is 0 Å². The number of nitrogens with zero attached hydrogens (tertiary/aromatic N) is 2. The van der Waals surface area contributed by atoms with Crippen molar-refractivity contribution in [2.45, 2.75) is 56.1 Å². The van der Waals surface area contributed by atoms with E-state index >= 15 is 0 Å². The van der Waals surface area contributed by atoms with Gasteiger partial charge in [0.25, 0.3) is 0 Å². The second-order valence-electron chi connectivity index (χ2n) is 6.57. The van der Waals surface area contributed by atoms with Crippen molar-refractivity contribution >= 4 is 0 Å². The maximum atomic E-state index is 9.41. The van der Waals surface area contributed by atoms with Crippen molar-refractivity contribution in [1.82, 2.24) is 10.2 Å². The molecule has 2 aliphatic heterocycles. The fourth-order valence-corrected chi connectivity index (χ4v) is 3.99. The standard InChI is InChI=1S/C18H25N3/c1-21-17-8-5-9-18(21)11-16(10-17)20-13-15(12-19)14-6-3-2-4-7-14/h2-4,6-7,15-18,20H,5,8-11,13H2,1H3. The Labute approximate surface area is 128 Å². The first-order valence-electron chi connectivity index (χ1n) is 8.18. The summed E-state index contributed by atoms with van der Waals surface area (Å²) in [6, 6.07) is 14.6. The lowest BCUT2D eigenvalue weighted by Crippen LogP contribution is -2.54. The molecule has 0 amide bonds. The maximum Gasteiger partial charge on any atom is 0.0837 e. The molecule has 3 nitrogen and oxygen atoms in total. The predicted octanol–water partition coefficient (Wildman–Crippen LogP) is 2.90. The maximum absolute atomic E-state index is 9.41. The summed E-state index contributed by atoms with van der Waals surface area (Å²) in [5.41, 5.74) is 1.13. The molecular weight excluding hydrogens is 258 g/mol. The number of piperidine rings is 2. The van der Waals surface area contributed by atoms with Crippen LogP contribution in [-0.4, -0.2) is 36.6 Å². The summed E-state index contributed by atoms with van der Waals surface area (Å²) in [4.78, 5) is 2.58. The van der Waals surface area contributed by atoms with Crippen molar-refractivity contribution in [3.8, 4) is 6.07 Å². The topological polar surface area (TPSA) is 39.1 Å². The first kappa shape index (κ1) is 14.6. The second-order valence-corrected chi connectivity index (χ2v) is 6.57. The van der Waals surface area contributed by atoms with E-state index < -0.39 is 0 Å². The molecule has 2 heterocycles. The normalized spacial score (nSPS) is 30.6. The first-order chi connectivity index (χ1) is 10.3. The van der Waals surface area contributed by atoms with E-state index in [1.165, 1.54) is 32.1 Å². The van der Waals surface area contributed by atoms with Crippen LogP contribution in [-0.2, 0) is 0 Å². The van der Waals surface area contributed by atoms with Crippen LogP contribution in [0.1, 0.15) is 43.6 Å². The van der Waals surface area contributed by atoms with Gasteiger partial charge in [-0.1, -0.05) is 36.8 Å². The van der Waals surface area contributed by atoms with E-state index in [-0.39, 0.29) is 5.92 Å². The third-order valence-corrected chi connectivity index (χ3v) is 5.31. The molecule has 0 spiro atoms.